The van der Waals surface area contributed by atoms with Gasteiger partial charge >= 0.3 is 14.9 Å². The van der Waals surface area contributed by atoms with Gasteiger partial charge in [-0.05, 0) is 130 Å². The van der Waals surface area contributed by atoms with E-state index in [0.29, 0.717) is 53.9 Å². The van der Waals surface area contributed by atoms with Gasteiger partial charge in [-0.15, -0.1) is 0 Å². The SMILES string of the molecule is CCO[Si](CCCNC(=O)Oc1c(I)cc2c(-c3c(Cl)c(Cl)c(Cl)c(Cl)c3C(=O)[O-])c3cc(I)c(=O)c(I)c-3oc2c1I)(OCC)OCC. The lowest BCUT2D eigenvalue weighted by atomic mass is 9.90. The number of carboxylic acid groups (broad SMARTS) is 1. The van der Waals surface area contributed by atoms with E-state index < -0.39 is 26.4 Å². The molecule has 1 aliphatic carbocycles. The second-order valence-electron chi connectivity index (χ2n) is 9.93. The number of fused-ring (bicyclic) bond motifs is 2. The summed E-state index contributed by atoms with van der Waals surface area (Å²) in [6.07, 6.45) is -0.211. The molecule has 0 saturated carbocycles. The number of carbonyl (C=O) groups is 2. The average molecular weight is 1220 g/mol. The van der Waals surface area contributed by atoms with Crippen LogP contribution in [0.3, 0.4) is 0 Å². The third-order valence-electron chi connectivity index (χ3n) is 6.94. The number of carbonyl (C=O) groups excluding carboxylic acids is 2. The van der Waals surface area contributed by atoms with Crippen molar-refractivity contribution in [2.24, 2.45) is 0 Å². The molecule has 2 aromatic carbocycles. The van der Waals surface area contributed by atoms with Crippen molar-refractivity contribution in [3.8, 4) is 28.2 Å². The number of amides is 1. The van der Waals surface area contributed by atoms with Crippen molar-refractivity contribution in [2.45, 2.75) is 33.2 Å². The number of benzene rings is 3. The van der Waals surface area contributed by atoms with Gasteiger partial charge in [-0.3, -0.25) is 4.79 Å². The third-order valence-corrected chi connectivity index (χ3v) is 15.5. The Morgan fingerprint density at radius 3 is 2.02 bits per heavy atom. The third kappa shape index (κ3) is 8.73. The van der Waals surface area contributed by atoms with E-state index in [4.69, 9.17) is 68.8 Å². The molecule has 0 atom stereocenters. The van der Waals surface area contributed by atoms with E-state index in [1.165, 1.54) is 0 Å². The van der Waals surface area contributed by atoms with Gasteiger partial charge in [0.05, 0.1) is 33.2 Å². The topological polar surface area (TPSA) is 136 Å². The summed E-state index contributed by atoms with van der Waals surface area (Å²) in [4.78, 5) is 38.6. The van der Waals surface area contributed by atoms with E-state index in [1.807, 2.05) is 111 Å². The van der Waals surface area contributed by atoms with Crippen molar-refractivity contribution in [2.75, 3.05) is 26.4 Å². The summed E-state index contributed by atoms with van der Waals surface area (Å²) >= 11 is 33.6. The molecule has 0 spiro atoms. The Kier molecular flexibility index (Phi) is 15.3. The maximum absolute atomic E-state index is 13.0. The molecule has 0 saturated heterocycles. The predicted octanol–water partition coefficient (Wildman–Crippen LogP) is 9.49. The lowest BCUT2D eigenvalue weighted by molar-refractivity contribution is -0.254. The normalized spacial score (nSPS) is 11.8. The standard InChI is InChI=1S/C30H25Cl4I4NO9Si/c1-4-44-49(45-5-2,46-6-3)9-7-8-39-30(43)48-28-15(36)11-13-16(17-18(29(41)42)20(32)22(34)21(33)19(17)31)12-10-14(35)25(40)23(37)26(12)47-27(13)24(28)38/h10-11H,4-9H2,1-3H3,(H,39,43)(H,41,42)/p-1. The summed E-state index contributed by atoms with van der Waals surface area (Å²) in [5.41, 5.74) is -0.115. The molecule has 0 bridgehead atoms. The van der Waals surface area contributed by atoms with E-state index in [2.05, 4.69) is 5.32 Å². The highest BCUT2D eigenvalue weighted by Gasteiger charge is 2.39. The molecule has 2 aliphatic rings. The van der Waals surface area contributed by atoms with Crippen molar-refractivity contribution in [3.05, 3.63) is 62.3 Å². The Balaban J connectivity index is 1.84. The quantitative estimate of drug-likeness (QED) is 0.0347. The lowest BCUT2D eigenvalue weighted by Gasteiger charge is -2.28. The minimum absolute atomic E-state index is 0.0825. The molecule has 4 rings (SSSR count). The van der Waals surface area contributed by atoms with Crippen LogP contribution in [0.4, 0.5) is 4.79 Å². The van der Waals surface area contributed by atoms with E-state index in [-0.39, 0.29) is 63.9 Å². The summed E-state index contributed by atoms with van der Waals surface area (Å²) < 4.78 is 31.1. The van der Waals surface area contributed by atoms with Gasteiger partial charge in [0, 0.05) is 60.0 Å². The molecule has 2 aromatic rings. The highest BCUT2D eigenvalue weighted by Crippen LogP contribution is 2.52. The molecular formula is C30H24Cl4I4NO9Si-. The molecular weight excluding hydrogens is 1200 g/mol. The Hall–Kier alpha value is 0.0469. The van der Waals surface area contributed by atoms with Crippen LogP contribution >= 0.6 is 137 Å². The molecule has 264 valence electrons. The van der Waals surface area contributed by atoms with Crippen LogP contribution in [0.5, 0.6) is 5.75 Å². The number of halogens is 8. The second-order valence-corrected chi connectivity index (χ2v) is 18.7. The van der Waals surface area contributed by atoms with Crippen LogP contribution in [0.25, 0.3) is 33.4 Å². The molecule has 0 fully saturated rings. The van der Waals surface area contributed by atoms with Crippen LogP contribution < -0.4 is 20.6 Å². The number of hydrogen-bond acceptors (Lipinski definition) is 9. The Labute approximate surface area is 356 Å². The van der Waals surface area contributed by atoms with Crippen LogP contribution in [-0.2, 0) is 13.3 Å². The summed E-state index contributed by atoms with van der Waals surface area (Å²) in [7, 11) is -2.89. The van der Waals surface area contributed by atoms with Gasteiger partial charge in [0.15, 0.2) is 17.1 Å². The van der Waals surface area contributed by atoms with Crippen molar-refractivity contribution in [1.29, 1.82) is 0 Å². The fourth-order valence-corrected chi connectivity index (χ4v) is 12.5. The number of ether oxygens (including phenoxy) is 1. The molecule has 49 heavy (non-hydrogen) atoms. The molecule has 1 aliphatic heterocycles. The van der Waals surface area contributed by atoms with E-state index in [1.54, 1.807) is 12.1 Å². The summed E-state index contributed by atoms with van der Waals surface area (Å²) in [6, 6.07) is 3.70. The number of nitrogens with one attached hydrogen (secondary N) is 1. The van der Waals surface area contributed by atoms with Crippen molar-refractivity contribution < 1.29 is 37.1 Å². The minimum atomic E-state index is -2.89. The average Bonchev–Trinajstić information content (AvgIpc) is 3.04. The van der Waals surface area contributed by atoms with Gasteiger partial charge in [0.25, 0.3) is 0 Å². The highest BCUT2D eigenvalue weighted by atomic mass is 127. The second kappa shape index (κ2) is 17.9. The monoisotopic (exact) mass is 1220 g/mol. The Morgan fingerprint density at radius 1 is 0.857 bits per heavy atom. The summed E-state index contributed by atoms with van der Waals surface area (Å²) in [5, 5.41) is 14.6. The first-order valence-electron chi connectivity index (χ1n) is 14.4. The van der Waals surface area contributed by atoms with E-state index >= 15 is 0 Å². The molecule has 0 radical (unpaired) electrons. The first kappa shape index (κ1) is 41.8. The zero-order chi connectivity index (χ0) is 36.4. The number of aromatic carboxylic acids is 1. The molecule has 0 unspecified atom stereocenters. The number of rotatable bonds is 13. The number of carboxylic acids is 1. The smallest absolute Gasteiger partial charge is 0.500 e. The van der Waals surface area contributed by atoms with Crippen LogP contribution in [0.15, 0.2) is 21.3 Å². The molecule has 19 heteroatoms. The summed E-state index contributed by atoms with van der Waals surface area (Å²) in [6.45, 7) is 7.20. The van der Waals surface area contributed by atoms with Crippen molar-refractivity contribution >= 4 is 169 Å². The largest absolute Gasteiger partial charge is 0.545 e. The molecule has 1 N–H and O–H groups in total. The van der Waals surface area contributed by atoms with Gasteiger partial charge in [0.1, 0.15) is 7.14 Å². The first-order chi connectivity index (χ1) is 23.1. The Morgan fingerprint density at radius 2 is 1.45 bits per heavy atom. The van der Waals surface area contributed by atoms with Crippen LogP contribution in [0, 0.1) is 14.3 Å². The predicted molar refractivity (Wildman–Crippen MR) is 224 cm³/mol. The fourth-order valence-electron chi connectivity index (χ4n) is 5.03. The van der Waals surface area contributed by atoms with E-state index in [9.17, 15) is 19.5 Å². The van der Waals surface area contributed by atoms with Crippen molar-refractivity contribution in [3.63, 3.8) is 0 Å². The van der Waals surface area contributed by atoms with Gasteiger partial charge in [-0.2, -0.15) is 0 Å². The first-order valence-corrected chi connectivity index (χ1v) is 22.1. The molecule has 10 nitrogen and oxygen atoms in total. The van der Waals surface area contributed by atoms with Gasteiger partial charge in [-0.1, -0.05) is 46.4 Å². The summed E-state index contributed by atoms with van der Waals surface area (Å²) in [5.74, 6) is -1.35. The zero-order valence-corrected chi connectivity index (χ0v) is 38.2. The maximum atomic E-state index is 13.0. The van der Waals surface area contributed by atoms with E-state index in [0.717, 1.165) is 0 Å². The Bertz CT molecular complexity index is 1960. The van der Waals surface area contributed by atoms with Crippen LogP contribution in [0.1, 0.15) is 37.6 Å². The van der Waals surface area contributed by atoms with Crippen LogP contribution in [-0.4, -0.2) is 47.2 Å². The van der Waals surface area contributed by atoms with Gasteiger partial charge in [-0.25, -0.2) is 4.79 Å². The van der Waals surface area contributed by atoms with Crippen molar-refractivity contribution in [1.82, 2.24) is 5.32 Å². The lowest BCUT2D eigenvalue weighted by Crippen LogP contribution is -2.46. The van der Waals surface area contributed by atoms with Gasteiger partial charge < -0.3 is 37.6 Å². The number of hydrogen-bond donors (Lipinski definition) is 1. The molecule has 1 heterocycles. The zero-order valence-electron chi connectivity index (χ0n) is 25.6. The fraction of sp³-hybridized carbons (Fsp3) is 0.300. The van der Waals surface area contributed by atoms with Crippen LogP contribution in [0.2, 0.25) is 26.1 Å². The highest BCUT2D eigenvalue weighted by molar-refractivity contribution is 14.1. The molecule has 0 aromatic heterocycles. The molecule has 1 amide bonds. The van der Waals surface area contributed by atoms with Gasteiger partial charge in [0.2, 0.25) is 5.43 Å². The minimum Gasteiger partial charge on any atom is -0.545 e. The maximum Gasteiger partial charge on any atom is 0.500 e.